The van der Waals surface area contributed by atoms with E-state index in [-0.39, 0.29) is 11.8 Å². The van der Waals surface area contributed by atoms with Gasteiger partial charge in [-0.3, -0.25) is 0 Å². The molecule has 1 aliphatic carbocycles. The summed E-state index contributed by atoms with van der Waals surface area (Å²) in [6.45, 7) is 0. The maximum Gasteiger partial charge on any atom is 0.172 e. The van der Waals surface area contributed by atoms with Crippen LogP contribution in [0.4, 0.5) is 4.39 Å². The summed E-state index contributed by atoms with van der Waals surface area (Å²) >= 11 is 0. The lowest BCUT2D eigenvalue weighted by atomic mass is 9.90. The van der Waals surface area contributed by atoms with Crippen LogP contribution in [0.25, 0.3) is 0 Å². The summed E-state index contributed by atoms with van der Waals surface area (Å²) in [6.07, 6.45) is 1.22. The van der Waals surface area contributed by atoms with Crippen LogP contribution >= 0.6 is 0 Å². The van der Waals surface area contributed by atoms with Gasteiger partial charge in [-0.25, -0.2) is 4.39 Å². The summed E-state index contributed by atoms with van der Waals surface area (Å²) in [5.74, 6) is 0.851. The Hall–Kier alpha value is -2.11. The van der Waals surface area contributed by atoms with E-state index in [2.05, 4.69) is 0 Å². The third kappa shape index (κ3) is 3.81. The van der Waals surface area contributed by atoms with E-state index in [4.69, 9.17) is 15.2 Å². The van der Waals surface area contributed by atoms with Gasteiger partial charge in [0.1, 0.15) is 23.8 Å². The maximum absolute atomic E-state index is 13.6. The first-order valence-electron chi connectivity index (χ1n) is 7.76. The molecule has 0 aliphatic heterocycles. The number of hydrogen-bond donors (Lipinski definition) is 2. The van der Waals surface area contributed by atoms with Crippen LogP contribution in [-0.2, 0) is 0 Å². The Bertz CT molecular complexity index is 650. The van der Waals surface area contributed by atoms with Crippen LogP contribution < -0.4 is 15.2 Å². The highest BCUT2D eigenvalue weighted by atomic mass is 19.1. The first-order valence-corrected chi connectivity index (χ1v) is 7.76. The summed E-state index contributed by atoms with van der Waals surface area (Å²) in [7, 11) is 0. The largest absolute Gasteiger partial charge is 0.484 e. The molecule has 1 fully saturated rings. The normalized spacial score (nSPS) is 24.2. The molecule has 3 N–H and O–H groups in total. The Morgan fingerprint density at radius 3 is 2.61 bits per heavy atom. The van der Waals surface area contributed by atoms with Crippen LogP contribution in [0.1, 0.15) is 19.3 Å². The van der Waals surface area contributed by atoms with Crippen molar-refractivity contribution in [2.75, 3.05) is 0 Å². The molecule has 3 atom stereocenters. The van der Waals surface area contributed by atoms with E-state index < -0.39 is 18.0 Å². The van der Waals surface area contributed by atoms with Crippen molar-refractivity contribution in [1.29, 1.82) is 0 Å². The Balaban J connectivity index is 1.81. The highest BCUT2D eigenvalue weighted by molar-refractivity contribution is 5.43. The van der Waals surface area contributed by atoms with Crippen molar-refractivity contribution in [1.82, 2.24) is 0 Å². The van der Waals surface area contributed by atoms with Gasteiger partial charge in [0.05, 0.1) is 0 Å². The first-order chi connectivity index (χ1) is 11.1. The van der Waals surface area contributed by atoms with Crippen LogP contribution in [0.5, 0.6) is 17.2 Å². The topological polar surface area (TPSA) is 64.7 Å². The molecule has 4 nitrogen and oxygen atoms in total. The van der Waals surface area contributed by atoms with Crippen molar-refractivity contribution in [3.63, 3.8) is 0 Å². The van der Waals surface area contributed by atoms with E-state index in [0.717, 1.165) is 12.8 Å². The highest BCUT2D eigenvalue weighted by Gasteiger charge is 2.31. The number of rotatable bonds is 4. The lowest BCUT2D eigenvalue weighted by Crippen LogP contribution is -2.48. The molecular weight excluding hydrogens is 297 g/mol. The second kappa shape index (κ2) is 6.98. The van der Waals surface area contributed by atoms with Gasteiger partial charge < -0.3 is 20.3 Å². The van der Waals surface area contributed by atoms with Gasteiger partial charge in [-0.1, -0.05) is 18.2 Å². The van der Waals surface area contributed by atoms with Crippen LogP contribution in [0.15, 0.2) is 48.5 Å². The minimum atomic E-state index is -0.738. The predicted octanol–water partition coefficient (Wildman–Crippen LogP) is 3.24. The van der Waals surface area contributed by atoms with Gasteiger partial charge in [0.2, 0.25) is 0 Å². The standard InChI is InChI=1S/C18H20FNO3/c19-12-9-10-15(23-16-8-4-7-14(20)18(16)21)17(11-12)22-13-5-2-1-3-6-13/h1-3,5-6,9-11,14,16,18,21H,4,7-8,20H2/t14-,16-,18-/m1/s1. The lowest BCUT2D eigenvalue weighted by Gasteiger charge is -2.33. The summed E-state index contributed by atoms with van der Waals surface area (Å²) in [6, 6.07) is 12.9. The van der Waals surface area contributed by atoms with Crippen molar-refractivity contribution in [2.24, 2.45) is 5.73 Å². The van der Waals surface area contributed by atoms with E-state index in [0.29, 0.717) is 17.9 Å². The Kier molecular flexibility index (Phi) is 4.79. The summed E-state index contributed by atoms with van der Waals surface area (Å²) in [4.78, 5) is 0. The molecule has 23 heavy (non-hydrogen) atoms. The minimum Gasteiger partial charge on any atom is -0.484 e. The van der Waals surface area contributed by atoms with E-state index in [1.54, 1.807) is 12.1 Å². The number of ether oxygens (including phenoxy) is 2. The molecule has 5 heteroatoms. The van der Waals surface area contributed by atoms with E-state index >= 15 is 0 Å². The van der Waals surface area contributed by atoms with Crippen molar-refractivity contribution >= 4 is 0 Å². The molecule has 2 aromatic carbocycles. The number of para-hydroxylation sites is 1. The molecule has 2 aromatic rings. The highest BCUT2D eigenvalue weighted by Crippen LogP contribution is 2.34. The van der Waals surface area contributed by atoms with E-state index in [9.17, 15) is 9.50 Å². The lowest BCUT2D eigenvalue weighted by molar-refractivity contribution is -0.00676. The maximum atomic E-state index is 13.6. The second-order valence-corrected chi connectivity index (χ2v) is 5.75. The summed E-state index contributed by atoms with van der Waals surface area (Å²) < 4.78 is 25.2. The van der Waals surface area contributed by atoms with Crippen LogP contribution in [0.2, 0.25) is 0 Å². The van der Waals surface area contributed by atoms with Gasteiger partial charge in [-0.05, 0) is 43.5 Å². The molecule has 0 unspecified atom stereocenters. The number of nitrogens with two attached hydrogens (primary N) is 1. The zero-order valence-electron chi connectivity index (χ0n) is 12.7. The molecule has 3 rings (SSSR count). The van der Waals surface area contributed by atoms with Gasteiger partial charge >= 0.3 is 0 Å². The van der Waals surface area contributed by atoms with Crippen molar-refractivity contribution < 1.29 is 19.0 Å². The van der Waals surface area contributed by atoms with Gasteiger partial charge in [0.15, 0.2) is 11.5 Å². The average Bonchev–Trinajstić information content (AvgIpc) is 2.55. The predicted molar refractivity (Wildman–Crippen MR) is 85.2 cm³/mol. The van der Waals surface area contributed by atoms with Crippen molar-refractivity contribution in [3.8, 4) is 17.2 Å². The van der Waals surface area contributed by atoms with E-state index in [1.165, 1.54) is 18.2 Å². The van der Waals surface area contributed by atoms with Gasteiger partial charge in [0, 0.05) is 12.1 Å². The first kappa shape index (κ1) is 15.8. The van der Waals surface area contributed by atoms with E-state index in [1.807, 2.05) is 18.2 Å². The number of aliphatic hydroxyl groups excluding tert-OH is 1. The molecule has 0 radical (unpaired) electrons. The molecule has 1 saturated carbocycles. The molecule has 1 aliphatic rings. The average molecular weight is 317 g/mol. The molecule has 0 aromatic heterocycles. The molecule has 0 spiro atoms. The van der Waals surface area contributed by atoms with Crippen molar-refractivity contribution in [2.45, 2.75) is 37.5 Å². The van der Waals surface area contributed by atoms with Gasteiger partial charge in [0.25, 0.3) is 0 Å². The fourth-order valence-electron chi connectivity index (χ4n) is 2.74. The second-order valence-electron chi connectivity index (χ2n) is 5.75. The fourth-order valence-corrected chi connectivity index (χ4v) is 2.74. The quantitative estimate of drug-likeness (QED) is 0.908. The Morgan fingerprint density at radius 2 is 1.83 bits per heavy atom. The number of aliphatic hydroxyl groups is 1. The molecule has 0 saturated heterocycles. The molecule has 0 amide bonds. The molecule has 122 valence electrons. The van der Waals surface area contributed by atoms with Crippen LogP contribution in [0, 0.1) is 5.82 Å². The van der Waals surface area contributed by atoms with Crippen LogP contribution in [0.3, 0.4) is 0 Å². The third-order valence-electron chi connectivity index (χ3n) is 4.00. The van der Waals surface area contributed by atoms with Gasteiger partial charge in [-0.15, -0.1) is 0 Å². The summed E-state index contributed by atoms with van der Waals surface area (Å²) in [5, 5.41) is 10.2. The fraction of sp³-hybridized carbons (Fsp3) is 0.333. The minimum absolute atomic E-state index is 0.280. The number of benzene rings is 2. The zero-order chi connectivity index (χ0) is 16.2. The smallest absolute Gasteiger partial charge is 0.172 e. The van der Waals surface area contributed by atoms with Crippen LogP contribution in [-0.4, -0.2) is 23.4 Å². The zero-order valence-corrected chi connectivity index (χ0v) is 12.7. The number of halogens is 1. The third-order valence-corrected chi connectivity index (χ3v) is 4.00. The van der Waals surface area contributed by atoms with Gasteiger partial charge in [-0.2, -0.15) is 0 Å². The SMILES string of the molecule is N[C@@H]1CCC[C@@H](Oc2ccc(F)cc2Oc2ccccc2)[C@@H]1O. The number of hydrogen-bond acceptors (Lipinski definition) is 4. The molecule has 0 bridgehead atoms. The Morgan fingerprint density at radius 1 is 1.04 bits per heavy atom. The molecular formula is C18H20FNO3. The Labute approximate surface area is 134 Å². The van der Waals surface area contributed by atoms with Crippen molar-refractivity contribution in [3.05, 3.63) is 54.3 Å². The molecule has 0 heterocycles. The summed E-state index contributed by atoms with van der Waals surface area (Å²) in [5.41, 5.74) is 5.89. The monoisotopic (exact) mass is 317 g/mol.